The summed E-state index contributed by atoms with van der Waals surface area (Å²) in [5.74, 6) is 0. The predicted molar refractivity (Wildman–Crippen MR) is 80.8 cm³/mol. The number of aromatic amines is 1. The third kappa shape index (κ3) is 1.74. The molecule has 3 heteroatoms. The summed E-state index contributed by atoms with van der Waals surface area (Å²) in [5, 5.41) is 4.84. The summed E-state index contributed by atoms with van der Waals surface area (Å²) in [6.07, 6.45) is 3.00. The summed E-state index contributed by atoms with van der Waals surface area (Å²) < 4.78 is 0. The largest absolute Gasteiger partial charge is 0.357 e. The standard InChI is InChI=1S/C17H17N3/c1-11-10-13-7-9-19-17(15(13)20-11)16-14-5-3-2-4-12(14)6-8-18-16/h2-5,7,9-10,16,18,20H,6,8H2,1H3. The van der Waals surface area contributed by atoms with E-state index in [-0.39, 0.29) is 6.04 Å². The van der Waals surface area contributed by atoms with E-state index in [0.717, 1.165) is 24.2 Å². The Hall–Kier alpha value is -2.13. The van der Waals surface area contributed by atoms with E-state index in [0.29, 0.717) is 0 Å². The van der Waals surface area contributed by atoms with Gasteiger partial charge in [-0.15, -0.1) is 0 Å². The van der Waals surface area contributed by atoms with E-state index in [1.165, 1.54) is 22.2 Å². The molecular weight excluding hydrogens is 246 g/mol. The van der Waals surface area contributed by atoms with Crippen LogP contribution in [0.5, 0.6) is 0 Å². The number of H-pyrrole nitrogens is 1. The number of aromatic nitrogens is 2. The molecule has 0 saturated carbocycles. The summed E-state index contributed by atoms with van der Waals surface area (Å²) in [7, 11) is 0. The van der Waals surface area contributed by atoms with Gasteiger partial charge >= 0.3 is 0 Å². The number of pyridine rings is 1. The summed E-state index contributed by atoms with van der Waals surface area (Å²) in [5.41, 5.74) is 6.21. The second-order valence-electron chi connectivity index (χ2n) is 5.45. The minimum atomic E-state index is 0.182. The number of hydrogen-bond acceptors (Lipinski definition) is 2. The Morgan fingerprint density at radius 1 is 1.20 bits per heavy atom. The van der Waals surface area contributed by atoms with Crippen LogP contribution >= 0.6 is 0 Å². The number of nitrogens with zero attached hydrogens (tertiary/aromatic N) is 1. The van der Waals surface area contributed by atoms with Gasteiger partial charge in [0.2, 0.25) is 0 Å². The molecule has 1 aromatic carbocycles. The molecule has 0 fully saturated rings. The Labute approximate surface area is 118 Å². The molecule has 20 heavy (non-hydrogen) atoms. The number of rotatable bonds is 1. The minimum absolute atomic E-state index is 0.182. The fourth-order valence-electron chi connectivity index (χ4n) is 3.18. The topological polar surface area (TPSA) is 40.7 Å². The van der Waals surface area contributed by atoms with Crippen molar-refractivity contribution in [3.05, 3.63) is 65.1 Å². The molecule has 4 rings (SSSR count). The van der Waals surface area contributed by atoms with Crippen LogP contribution in [-0.2, 0) is 6.42 Å². The number of hydrogen-bond donors (Lipinski definition) is 2. The van der Waals surface area contributed by atoms with Gasteiger partial charge in [-0.25, -0.2) is 0 Å². The highest BCUT2D eigenvalue weighted by molar-refractivity contribution is 5.83. The van der Waals surface area contributed by atoms with Gasteiger partial charge in [-0.2, -0.15) is 0 Å². The Balaban J connectivity index is 1.92. The van der Waals surface area contributed by atoms with E-state index in [1.807, 2.05) is 6.20 Å². The van der Waals surface area contributed by atoms with Crippen LogP contribution in [0.4, 0.5) is 0 Å². The molecule has 2 aromatic heterocycles. The van der Waals surface area contributed by atoms with Crippen LogP contribution in [-0.4, -0.2) is 16.5 Å². The summed E-state index contributed by atoms with van der Waals surface area (Å²) in [4.78, 5) is 8.10. The van der Waals surface area contributed by atoms with Gasteiger partial charge in [0.15, 0.2) is 0 Å². The van der Waals surface area contributed by atoms with E-state index in [2.05, 4.69) is 58.6 Å². The molecule has 1 atom stereocenters. The van der Waals surface area contributed by atoms with Gasteiger partial charge in [-0.05, 0) is 36.6 Å². The second-order valence-corrected chi connectivity index (χ2v) is 5.45. The monoisotopic (exact) mass is 263 g/mol. The third-order valence-electron chi connectivity index (χ3n) is 4.09. The lowest BCUT2D eigenvalue weighted by Crippen LogP contribution is -2.31. The highest BCUT2D eigenvalue weighted by Gasteiger charge is 2.24. The van der Waals surface area contributed by atoms with Crippen LogP contribution in [0.1, 0.15) is 28.6 Å². The first-order valence-electron chi connectivity index (χ1n) is 7.08. The molecule has 1 aliphatic rings. The van der Waals surface area contributed by atoms with Gasteiger partial charge in [-0.1, -0.05) is 24.3 Å². The van der Waals surface area contributed by atoms with Crippen LogP contribution in [0, 0.1) is 6.92 Å². The minimum Gasteiger partial charge on any atom is -0.357 e. The molecule has 0 aliphatic carbocycles. The van der Waals surface area contributed by atoms with Crippen molar-refractivity contribution < 1.29 is 0 Å². The first-order valence-corrected chi connectivity index (χ1v) is 7.08. The van der Waals surface area contributed by atoms with Crippen molar-refractivity contribution in [1.29, 1.82) is 0 Å². The van der Waals surface area contributed by atoms with Crippen LogP contribution in [0.2, 0.25) is 0 Å². The lowest BCUT2D eigenvalue weighted by atomic mass is 9.92. The van der Waals surface area contributed by atoms with E-state index in [4.69, 9.17) is 0 Å². The first kappa shape index (κ1) is 11.7. The first-order chi connectivity index (χ1) is 9.83. The molecule has 1 unspecified atom stereocenters. The maximum Gasteiger partial charge on any atom is 0.0859 e. The molecule has 3 nitrogen and oxygen atoms in total. The van der Waals surface area contributed by atoms with Gasteiger partial charge in [0.05, 0.1) is 17.3 Å². The average molecular weight is 263 g/mol. The highest BCUT2D eigenvalue weighted by Crippen LogP contribution is 2.31. The third-order valence-corrected chi connectivity index (χ3v) is 4.09. The molecular formula is C17H17N3. The highest BCUT2D eigenvalue weighted by atomic mass is 15.0. The van der Waals surface area contributed by atoms with Gasteiger partial charge in [-0.3, -0.25) is 4.98 Å². The Bertz CT molecular complexity index is 773. The molecule has 0 radical (unpaired) electrons. The maximum atomic E-state index is 4.65. The molecule has 0 spiro atoms. The van der Waals surface area contributed by atoms with Crippen molar-refractivity contribution in [3.8, 4) is 0 Å². The zero-order valence-electron chi connectivity index (χ0n) is 11.5. The molecule has 3 aromatic rings. The zero-order valence-corrected chi connectivity index (χ0v) is 11.5. The maximum absolute atomic E-state index is 4.65. The van der Waals surface area contributed by atoms with E-state index in [9.17, 15) is 0 Å². The fourth-order valence-corrected chi connectivity index (χ4v) is 3.18. The SMILES string of the molecule is Cc1cc2ccnc(C3NCCc4ccccc43)c2[nH]1. The van der Waals surface area contributed by atoms with Crippen molar-refractivity contribution in [2.75, 3.05) is 6.54 Å². The van der Waals surface area contributed by atoms with Crippen LogP contribution in [0.15, 0.2) is 42.6 Å². The predicted octanol–water partition coefficient (Wildman–Crippen LogP) is 3.11. The van der Waals surface area contributed by atoms with Gasteiger partial charge in [0, 0.05) is 23.8 Å². The summed E-state index contributed by atoms with van der Waals surface area (Å²) in [6, 6.07) is 13.1. The van der Waals surface area contributed by atoms with E-state index in [1.54, 1.807) is 0 Å². The van der Waals surface area contributed by atoms with Crippen LogP contribution in [0.3, 0.4) is 0 Å². The van der Waals surface area contributed by atoms with E-state index < -0.39 is 0 Å². The second kappa shape index (κ2) is 4.46. The van der Waals surface area contributed by atoms with Gasteiger partial charge in [0.25, 0.3) is 0 Å². The molecule has 0 bridgehead atoms. The van der Waals surface area contributed by atoms with Crippen molar-refractivity contribution in [3.63, 3.8) is 0 Å². The average Bonchev–Trinajstić information content (AvgIpc) is 2.87. The lowest BCUT2D eigenvalue weighted by Gasteiger charge is -2.26. The van der Waals surface area contributed by atoms with Crippen molar-refractivity contribution in [1.82, 2.24) is 15.3 Å². The van der Waals surface area contributed by atoms with Gasteiger partial charge in [0.1, 0.15) is 0 Å². The Morgan fingerprint density at radius 3 is 3.05 bits per heavy atom. The smallest absolute Gasteiger partial charge is 0.0859 e. The quantitative estimate of drug-likeness (QED) is 0.708. The summed E-state index contributed by atoms with van der Waals surface area (Å²) in [6.45, 7) is 3.09. The normalized spacial score (nSPS) is 18.1. The van der Waals surface area contributed by atoms with E-state index >= 15 is 0 Å². The molecule has 2 N–H and O–H groups in total. The molecule has 3 heterocycles. The van der Waals surface area contributed by atoms with Crippen LogP contribution < -0.4 is 5.32 Å². The molecule has 100 valence electrons. The van der Waals surface area contributed by atoms with Gasteiger partial charge < -0.3 is 10.3 Å². The number of aryl methyl sites for hydroxylation is 1. The number of benzene rings is 1. The fraction of sp³-hybridized carbons (Fsp3) is 0.235. The Kier molecular flexibility index (Phi) is 2.60. The number of nitrogens with one attached hydrogen (secondary N) is 2. The van der Waals surface area contributed by atoms with Crippen molar-refractivity contribution >= 4 is 10.9 Å². The summed E-state index contributed by atoms with van der Waals surface area (Å²) >= 11 is 0. The molecule has 0 amide bonds. The van der Waals surface area contributed by atoms with Crippen molar-refractivity contribution in [2.45, 2.75) is 19.4 Å². The number of fused-ring (bicyclic) bond motifs is 2. The lowest BCUT2D eigenvalue weighted by molar-refractivity contribution is 0.560. The Morgan fingerprint density at radius 2 is 2.10 bits per heavy atom. The zero-order chi connectivity index (χ0) is 13.5. The van der Waals surface area contributed by atoms with Crippen LogP contribution in [0.25, 0.3) is 10.9 Å². The molecule has 1 aliphatic heterocycles. The van der Waals surface area contributed by atoms with Crippen molar-refractivity contribution in [2.24, 2.45) is 0 Å². The molecule has 0 saturated heterocycles.